The van der Waals surface area contributed by atoms with Crippen molar-refractivity contribution in [2.24, 2.45) is 0 Å². The van der Waals surface area contributed by atoms with Crippen LogP contribution < -0.4 is 10.1 Å². The Morgan fingerprint density at radius 1 is 1.36 bits per heavy atom. The van der Waals surface area contributed by atoms with E-state index in [1.54, 1.807) is 20.2 Å². The van der Waals surface area contributed by atoms with Crippen LogP contribution in [0.15, 0.2) is 30.5 Å². The fraction of sp³-hybridized carbons (Fsp3) is 0.421. The Morgan fingerprint density at radius 3 is 2.92 bits per heavy atom. The third-order valence-electron chi connectivity index (χ3n) is 4.09. The number of hydrogen-bond acceptors (Lipinski definition) is 6. The van der Waals surface area contributed by atoms with E-state index < -0.39 is 5.97 Å². The molecule has 132 valence electrons. The molecule has 1 N–H and O–H groups in total. The zero-order valence-electron chi connectivity index (χ0n) is 14.6. The van der Waals surface area contributed by atoms with E-state index in [0.29, 0.717) is 30.5 Å². The van der Waals surface area contributed by atoms with Crippen molar-refractivity contribution in [1.29, 1.82) is 0 Å². The van der Waals surface area contributed by atoms with Crippen LogP contribution in [0, 0.1) is 0 Å². The summed E-state index contributed by atoms with van der Waals surface area (Å²) in [5.74, 6) is 2.22. The standard InChI is InChI=1S/C19H23N3O3/c1-3-25-19(23)16-12-21-17(14-7-8-14)22-18(16)20-10-9-13-5-4-6-15(11-13)24-2/h4-6,11-12,14H,3,7-10H2,1-2H3,(H,20,21,22). The van der Waals surface area contributed by atoms with Crippen LogP contribution in [0.2, 0.25) is 0 Å². The van der Waals surface area contributed by atoms with Crippen molar-refractivity contribution in [2.75, 3.05) is 25.6 Å². The summed E-state index contributed by atoms with van der Waals surface area (Å²) in [6, 6.07) is 7.94. The number of nitrogens with one attached hydrogen (secondary N) is 1. The summed E-state index contributed by atoms with van der Waals surface area (Å²) >= 11 is 0. The molecule has 1 fully saturated rings. The maximum absolute atomic E-state index is 12.1. The molecule has 6 heteroatoms. The molecular formula is C19H23N3O3. The Labute approximate surface area is 147 Å². The molecule has 1 aliphatic rings. The number of carbonyl (C=O) groups is 1. The maximum Gasteiger partial charge on any atom is 0.343 e. The highest BCUT2D eigenvalue weighted by molar-refractivity contribution is 5.94. The first kappa shape index (κ1) is 17.2. The van der Waals surface area contributed by atoms with E-state index in [4.69, 9.17) is 9.47 Å². The van der Waals surface area contributed by atoms with Crippen LogP contribution in [0.3, 0.4) is 0 Å². The number of hydrogen-bond donors (Lipinski definition) is 1. The molecular weight excluding hydrogens is 318 g/mol. The van der Waals surface area contributed by atoms with Crippen molar-refractivity contribution < 1.29 is 14.3 Å². The van der Waals surface area contributed by atoms with Crippen molar-refractivity contribution >= 4 is 11.8 Å². The lowest BCUT2D eigenvalue weighted by Gasteiger charge is -2.12. The van der Waals surface area contributed by atoms with E-state index in [1.807, 2.05) is 24.3 Å². The fourth-order valence-electron chi connectivity index (χ4n) is 2.58. The number of methoxy groups -OCH3 is 1. The van der Waals surface area contributed by atoms with Gasteiger partial charge in [0.15, 0.2) is 0 Å². The minimum Gasteiger partial charge on any atom is -0.497 e. The number of benzene rings is 1. The number of ether oxygens (including phenoxy) is 2. The summed E-state index contributed by atoms with van der Waals surface area (Å²) in [5.41, 5.74) is 1.54. The molecule has 25 heavy (non-hydrogen) atoms. The number of anilines is 1. The van der Waals surface area contributed by atoms with Crippen LogP contribution in [0.25, 0.3) is 0 Å². The summed E-state index contributed by atoms with van der Waals surface area (Å²) in [7, 11) is 1.66. The maximum atomic E-state index is 12.1. The van der Waals surface area contributed by atoms with E-state index in [9.17, 15) is 4.79 Å². The highest BCUT2D eigenvalue weighted by Crippen LogP contribution is 2.38. The van der Waals surface area contributed by atoms with Gasteiger partial charge in [-0.25, -0.2) is 14.8 Å². The summed E-state index contributed by atoms with van der Waals surface area (Å²) in [5, 5.41) is 3.27. The molecule has 6 nitrogen and oxygen atoms in total. The molecule has 1 aromatic heterocycles. The Kier molecular flexibility index (Phi) is 5.48. The Hall–Kier alpha value is -2.63. The van der Waals surface area contributed by atoms with Gasteiger partial charge in [0, 0.05) is 18.7 Å². The molecule has 0 aliphatic heterocycles. The van der Waals surface area contributed by atoms with E-state index in [0.717, 1.165) is 36.4 Å². The fourth-order valence-corrected chi connectivity index (χ4v) is 2.58. The van der Waals surface area contributed by atoms with Gasteiger partial charge in [-0.15, -0.1) is 0 Å². The summed E-state index contributed by atoms with van der Waals surface area (Å²) in [6.07, 6.45) is 4.60. The van der Waals surface area contributed by atoms with Gasteiger partial charge in [0.2, 0.25) is 0 Å². The van der Waals surface area contributed by atoms with Gasteiger partial charge < -0.3 is 14.8 Å². The number of carbonyl (C=O) groups excluding carboxylic acids is 1. The Bertz CT molecular complexity index is 744. The summed E-state index contributed by atoms with van der Waals surface area (Å²) < 4.78 is 10.3. The molecule has 2 aromatic rings. The lowest BCUT2D eigenvalue weighted by atomic mass is 10.1. The van der Waals surface area contributed by atoms with Gasteiger partial charge in [0.05, 0.1) is 13.7 Å². The first-order valence-electron chi connectivity index (χ1n) is 8.62. The molecule has 0 saturated heterocycles. The molecule has 0 unspecified atom stereocenters. The van der Waals surface area contributed by atoms with Crippen molar-refractivity contribution in [2.45, 2.75) is 32.1 Å². The Morgan fingerprint density at radius 2 is 2.20 bits per heavy atom. The molecule has 0 spiro atoms. The molecule has 3 rings (SSSR count). The highest BCUT2D eigenvalue weighted by atomic mass is 16.5. The van der Waals surface area contributed by atoms with E-state index in [-0.39, 0.29) is 0 Å². The average Bonchev–Trinajstić information content (AvgIpc) is 3.47. The summed E-state index contributed by atoms with van der Waals surface area (Å²) in [6.45, 7) is 2.76. The smallest absolute Gasteiger partial charge is 0.343 e. The molecule has 0 bridgehead atoms. The average molecular weight is 341 g/mol. The minimum atomic E-state index is -0.395. The van der Waals surface area contributed by atoms with Gasteiger partial charge in [-0.1, -0.05) is 12.1 Å². The first-order valence-corrected chi connectivity index (χ1v) is 8.62. The van der Waals surface area contributed by atoms with Crippen molar-refractivity contribution in [3.05, 3.63) is 47.4 Å². The van der Waals surface area contributed by atoms with Crippen LogP contribution in [0.4, 0.5) is 5.82 Å². The van der Waals surface area contributed by atoms with Gasteiger partial charge in [0.1, 0.15) is 23.0 Å². The zero-order chi connectivity index (χ0) is 17.6. The second-order valence-electron chi connectivity index (χ2n) is 6.01. The third kappa shape index (κ3) is 4.47. The van der Waals surface area contributed by atoms with Gasteiger partial charge in [-0.2, -0.15) is 0 Å². The highest BCUT2D eigenvalue weighted by Gasteiger charge is 2.28. The molecule has 1 aliphatic carbocycles. The molecule has 1 heterocycles. The van der Waals surface area contributed by atoms with Crippen LogP contribution in [-0.2, 0) is 11.2 Å². The van der Waals surface area contributed by atoms with Gasteiger partial charge >= 0.3 is 5.97 Å². The predicted octanol–water partition coefficient (Wildman–Crippen LogP) is 3.19. The lowest BCUT2D eigenvalue weighted by Crippen LogP contribution is -2.15. The normalized spacial score (nSPS) is 13.4. The Balaban J connectivity index is 1.70. The van der Waals surface area contributed by atoms with Gasteiger partial charge in [-0.05, 0) is 43.9 Å². The predicted molar refractivity (Wildman–Crippen MR) is 95.2 cm³/mol. The quantitative estimate of drug-likeness (QED) is 0.743. The summed E-state index contributed by atoms with van der Waals surface area (Å²) in [4.78, 5) is 21.0. The van der Waals surface area contributed by atoms with E-state index in [1.165, 1.54) is 0 Å². The van der Waals surface area contributed by atoms with Crippen LogP contribution in [0.1, 0.15) is 47.4 Å². The first-order chi connectivity index (χ1) is 12.2. The lowest BCUT2D eigenvalue weighted by molar-refractivity contribution is 0.0526. The van der Waals surface area contributed by atoms with Crippen LogP contribution in [-0.4, -0.2) is 36.2 Å². The van der Waals surface area contributed by atoms with Crippen molar-refractivity contribution in [1.82, 2.24) is 9.97 Å². The third-order valence-corrected chi connectivity index (χ3v) is 4.09. The van der Waals surface area contributed by atoms with Crippen LogP contribution in [0.5, 0.6) is 5.75 Å². The number of rotatable bonds is 8. The largest absolute Gasteiger partial charge is 0.497 e. The molecule has 0 amide bonds. The monoisotopic (exact) mass is 341 g/mol. The van der Waals surface area contributed by atoms with E-state index in [2.05, 4.69) is 15.3 Å². The van der Waals surface area contributed by atoms with Gasteiger partial charge in [0.25, 0.3) is 0 Å². The number of aromatic nitrogens is 2. The molecule has 1 aromatic carbocycles. The second-order valence-corrected chi connectivity index (χ2v) is 6.01. The van der Waals surface area contributed by atoms with Gasteiger partial charge in [-0.3, -0.25) is 0 Å². The van der Waals surface area contributed by atoms with Crippen molar-refractivity contribution in [3.63, 3.8) is 0 Å². The molecule has 0 atom stereocenters. The number of esters is 1. The molecule has 1 saturated carbocycles. The topological polar surface area (TPSA) is 73.3 Å². The SMILES string of the molecule is CCOC(=O)c1cnc(C2CC2)nc1NCCc1cccc(OC)c1. The second kappa shape index (κ2) is 7.96. The molecule has 0 radical (unpaired) electrons. The van der Waals surface area contributed by atoms with E-state index >= 15 is 0 Å². The van der Waals surface area contributed by atoms with Crippen molar-refractivity contribution in [3.8, 4) is 5.75 Å². The zero-order valence-corrected chi connectivity index (χ0v) is 14.6. The number of nitrogens with zero attached hydrogens (tertiary/aromatic N) is 2. The minimum absolute atomic E-state index is 0.326. The van der Waals surface area contributed by atoms with Crippen LogP contribution >= 0.6 is 0 Å².